The molecule has 3 aliphatic rings. The Kier molecular flexibility index (Phi) is 6.21. The number of hydrogen-bond donors (Lipinski definition) is 0. The van der Waals surface area contributed by atoms with E-state index < -0.39 is 11.2 Å². The molecule has 3 rings (SSSR count). The third-order valence-corrected chi connectivity index (χ3v) is 7.56. The molecule has 2 bridgehead atoms. The Labute approximate surface area is 179 Å². The maximum atomic E-state index is 12.7. The Balaban J connectivity index is 2.13. The van der Waals surface area contributed by atoms with Gasteiger partial charge in [0.2, 0.25) is 0 Å². The first kappa shape index (κ1) is 23.0. The quantitative estimate of drug-likeness (QED) is 0.507. The Hall–Kier alpha value is -1.69. The van der Waals surface area contributed by atoms with Gasteiger partial charge in [-0.3, -0.25) is 14.4 Å². The van der Waals surface area contributed by atoms with E-state index in [1.54, 1.807) is 0 Å². The molecule has 2 saturated heterocycles. The van der Waals surface area contributed by atoms with Crippen LogP contribution in [0, 0.1) is 23.7 Å². The van der Waals surface area contributed by atoms with E-state index in [9.17, 15) is 14.4 Å². The standard InChI is InChI=1S/C24H36O6/c1-13(2)17-8-10-23(6,29-15(4)25)21-19-12-14(3)18(27)9-11-24(7,30-16(5)26)22(28-19)20(17)21/h13,17,19-22H,3,8-12H2,1-2,4-7H3/t17-,19-,20-,21-,22-,23-,24-/m1/s1. The molecule has 1 saturated carbocycles. The number of ether oxygens (including phenoxy) is 3. The summed E-state index contributed by atoms with van der Waals surface area (Å²) in [6.07, 6.45) is 2.06. The summed E-state index contributed by atoms with van der Waals surface area (Å²) in [4.78, 5) is 36.7. The van der Waals surface area contributed by atoms with Crippen LogP contribution < -0.4 is 0 Å². The van der Waals surface area contributed by atoms with Gasteiger partial charge in [-0.05, 0) is 50.5 Å². The van der Waals surface area contributed by atoms with Gasteiger partial charge in [0, 0.05) is 38.5 Å². The largest absolute Gasteiger partial charge is 0.459 e. The van der Waals surface area contributed by atoms with Crippen molar-refractivity contribution in [3.8, 4) is 0 Å². The molecule has 6 nitrogen and oxygen atoms in total. The van der Waals surface area contributed by atoms with E-state index >= 15 is 0 Å². The predicted octanol–water partition coefficient (Wildman–Crippen LogP) is 4.01. The van der Waals surface area contributed by atoms with E-state index in [0.29, 0.717) is 30.3 Å². The predicted molar refractivity (Wildman–Crippen MR) is 112 cm³/mol. The van der Waals surface area contributed by atoms with Crippen molar-refractivity contribution in [1.82, 2.24) is 0 Å². The molecule has 7 atom stereocenters. The lowest BCUT2D eigenvalue weighted by atomic mass is 9.57. The molecule has 0 aromatic rings. The molecule has 168 valence electrons. The van der Waals surface area contributed by atoms with Crippen LogP contribution in [0.3, 0.4) is 0 Å². The second kappa shape index (κ2) is 8.10. The third kappa shape index (κ3) is 4.08. The molecule has 2 aliphatic heterocycles. The smallest absolute Gasteiger partial charge is 0.303 e. The molecule has 0 amide bonds. The molecule has 0 unspecified atom stereocenters. The first-order valence-corrected chi connectivity index (χ1v) is 11.1. The van der Waals surface area contributed by atoms with Crippen LogP contribution in [0.1, 0.15) is 73.6 Å². The molecule has 0 aromatic heterocycles. The number of carbonyl (C=O) groups is 3. The fraction of sp³-hybridized carbons (Fsp3) is 0.792. The second-order valence-electron chi connectivity index (χ2n) is 10.2. The maximum absolute atomic E-state index is 12.7. The fourth-order valence-corrected chi connectivity index (χ4v) is 6.33. The van der Waals surface area contributed by atoms with E-state index in [4.69, 9.17) is 14.2 Å². The molecular weight excluding hydrogens is 384 g/mol. The van der Waals surface area contributed by atoms with E-state index in [1.807, 2.05) is 13.8 Å². The van der Waals surface area contributed by atoms with Gasteiger partial charge >= 0.3 is 11.9 Å². The molecule has 0 aromatic carbocycles. The van der Waals surface area contributed by atoms with E-state index in [0.717, 1.165) is 12.8 Å². The average molecular weight is 421 g/mol. The first-order chi connectivity index (χ1) is 13.9. The molecule has 0 N–H and O–H groups in total. The van der Waals surface area contributed by atoms with Gasteiger partial charge in [0.05, 0.1) is 6.10 Å². The van der Waals surface area contributed by atoms with Crippen LogP contribution in [-0.2, 0) is 28.6 Å². The van der Waals surface area contributed by atoms with Crippen LogP contribution in [0.2, 0.25) is 0 Å². The molecule has 2 heterocycles. The summed E-state index contributed by atoms with van der Waals surface area (Å²) < 4.78 is 18.4. The molecule has 0 spiro atoms. The van der Waals surface area contributed by atoms with Gasteiger partial charge in [0.1, 0.15) is 17.3 Å². The summed E-state index contributed by atoms with van der Waals surface area (Å²) in [5, 5.41) is 0. The highest BCUT2D eigenvalue weighted by Crippen LogP contribution is 2.58. The summed E-state index contributed by atoms with van der Waals surface area (Å²) in [6, 6.07) is 0. The Morgan fingerprint density at radius 2 is 1.70 bits per heavy atom. The van der Waals surface area contributed by atoms with Crippen molar-refractivity contribution in [1.29, 1.82) is 0 Å². The summed E-state index contributed by atoms with van der Waals surface area (Å²) in [7, 11) is 0. The molecular formula is C24H36O6. The van der Waals surface area contributed by atoms with Crippen molar-refractivity contribution in [3.05, 3.63) is 12.2 Å². The van der Waals surface area contributed by atoms with Crippen molar-refractivity contribution in [2.45, 2.75) is 97.1 Å². The zero-order valence-corrected chi connectivity index (χ0v) is 19.2. The van der Waals surface area contributed by atoms with E-state index in [1.165, 1.54) is 13.8 Å². The number of Topliss-reactive ketones (excluding diaryl/α,β-unsaturated/α-hetero) is 1. The van der Waals surface area contributed by atoms with Gasteiger partial charge in [-0.25, -0.2) is 0 Å². The lowest BCUT2D eigenvalue weighted by Gasteiger charge is -2.50. The van der Waals surface area contributed by atoms with Gasteiger partial charge in [-0.15, -0.1) is 0 Å². The highest BCUT2D eigenvalue weighted by Gasteiger charge is 2.64. The first-order valence-electron chi connectivity index (χ1n) is 11.1. The van der Waals surface area contributed by atoms with Gasteiger partial charge in [0.15, 0.2) is 5.78 Å². The average Bonchev–Trinajstić information content (AvgIpc) is 3.00. The van der Waals surface area contributed by atoms with Gasteiger partial charge in [0.25, 0.3) is 0 Å². The number of rotatable bonds is 3. The Bertz CT molecular complexity index is 742. The van der Waals surface area contributed by atoms with Crippen molar-refractivity contribution < 1.29 is 28.6 Å². The molecule has 6 heteroatoms. The summed E-state index contributed by atoms with van der Waals surface area (Å²) in [5.41, 5.74) is -1.09. The monoisotopic (exact) mass is 420 g/mol. The number of hydrogen-bond acceptors (Lipinski definition) is 6. The summed E-state index contributed by atoms with van der Waals surface area (Å²) in [5.74, 6) is -0.0158. The molecule has 30 heavy (non-hydrogen) atoms. The van der Waals surface area contributed by atoms with Crippen LogP contribution >= 0.6 is 0 Å². The Morgan fingerprint density at radius 1 is 1.10 bits per heavy atom. The molecule has 0 radical (unpaired) electrons. The van der Waals surface area contributed by atoms with E-state index in [-0.39, 0.29) is 48.2 Å². The van der Waals surface area contributed by atoms with Crippen LogP contribution in [-0.4, -0.2) is 41.1 Å². The third-order valence-electron chi connectivity index (χ3n) is 7.56. The Morgan fingerprint density at radius 3 is 2.27 bits per heavy atom. The zero-order valence-electron chi connectivity index (χ0n) is 19.2. The van der Waals surface area contributed by atoms with Crippen molar-refractivity contribution in [2.24, 2.45) is 23.7 Å². The van der Waals surface area contributed by atoms with Gasteiger partial charge in [-0.2, -0.15) is 0 Å². The lowest BCUT2D eigenvalue weighted by molar-refractivity contribution is -0.181. The maximum Gasteiger partial charge on any atom is 0.303 e. The van der Waals surface area contributed by atoms with Crippen molar-refractivity contribution in [3.63, 3.8) is 0 Å². The SMILES string of the molecule is C=C1C[C@H]2O[C@H]([C@H]3[C@@H]2[C@](C)(OC(C)=O)CC[C@@H]3C(C)C)[C@](C)(OC(C)=O)CCC1=O. The molecule has 1 aliphatic carbocycles. The number of ketones is 1. The summed E-state index contributed by atoms with van der Waals surface area (Å²) >= 11 is 0. The molecule has 3 fully saturated rings. The van der Waals surface area contributed by atoms with Gasteiger partial charge < -0.3 is 14.2 Å². The highest BCUT2D eigenvalue weighted by atomic mass is 16.6. The fourth-order valence-electron chi connectivity index (χ4n) is 6.33. The van der Waals surface area contributed by atoms with Crippen LogP contribution in [0.25, 0.3) is 0 Å². The topological polar surface area (TPSA) is 78.9 Å². The van der Waals surface area contributed by atoms with Gasteiger partial charge in [-0.1, -0.05) is 20.4 Å². The van der Waals surface area contributed by atoms with E-state index in [2.05, 4.69) is 20.4 Å². The highest BCUT2D eigenvalue weighted by molar-refractivity contribution is 5.94. The number of esters is 2. The normalized spacial score (nSPS) is 41.5. The number of carbonyl (C=O) groups excluding carboxylic acids is 3. The van der Waals surface area contributed by atoms with Crippen molar-refractivity contribution in [2.75, 3.05) is 0 Å². The van der Waals surface area contributed by atoms with Crippen molar-refractivity contribution >= 4 is 17.7 Å². The minimum absolute atomic E-state index is 0.0218. The lowest BCUT2D eigenvalue weighted by Crippen LogP contribution is -2.56. The minimum atomic E-state index is -0.925. The minimum Gasteiger partial charge on any atom is -0.459 e. The number of fused-ring (bicyclic) bond motifs is 5. The zero-order chi connectivity index (χ0) is 22.4. The van der Waals surface area contributed by atoms with Crippen LogP contribution in [0.5, 0.6) is 0 Å². The van der Waals surface area contributed by atoms with Crippen LogP contribution in [0.4, 0.5) is 0 Å². The van der Waals surface area contributed by atoms with Crippen LogP contribution in [0.15, 0.2) is 12.2 Å². The second-order valence-corrected chi connectivity index (χ2v) is 10.2. The summed E-state index contributed by atoms with van der Waals surface area (Å²) in [6.45, 7) is 15.1.